The van der Waals surface area contributed by atoms with Gasteiger partial charge in [-0.25, -0.2) is 0 Å². The van der Waals surface area contributed by atoms with Gasteiger partial charge in [0.05, 0.1) is 0 Å². The van der Waals surface area contributed by atoms with Crippen molar-refractivity contribution in [1.82, 2.24) is 4.98 Å². The molecule has 0 aliphatic carbocycles. The van der Waals surface area contributed by atoms with E-state index in [1.807, 2.05) is 45.0 Å². The third-order valence-corrected chi connectivity index (χ3v) is 3.18. The molecule has 98 valence electrons. The molecule has 0 saturated heterocycles. The molecule has 0 unspecified atom stereocenters. The zero-order valence-electron chi connectivity index (χ0n) is 11.3. The summed E-state index contributed by atoms with van der Waals surface area (Å²) in [6.45, 7) is 5.69. The van der Waals surface area contributed by atoms with Gasteiger partial charge in [0.15, 0.2) is 0 Å². The van der Waals surface area contributed by atoms with Crippen LogP contribution in [0.2, 0.25) is 0 Å². The molecule has 1 aromatic carbocycles. The van der Waals surface area contributed by atoms with Crippen molar-refractivity contribution < 1.29 is 4.79 Å². The number of aryl methyl sites for hydroxylation is 2. The second-order valence-corrected chi connectivity index (χ2v) is 4.59. The van der Waals surface area contributed by atoms with Crippen LogP contribution in [0.1, 0.15) is 27.2 Å². The Morgan fingerprint density at radius 2 is 1.89 bits per heavy atom. The van der Waals surface area contributed by atoms with Crippen LogP contribution in [0.4, 0.5) is 11.4 Å². The van der Waals surface area contributed by atoms with Crippen molar-refractivity contribution in [2.45, 2.75) is 20.8 Å². The number of nitrogens with one attached hydrogen (secondary N) is 1. The number of benzene rings is 1. The number of carbonyl (C=O) groups excluding carboxylic acids is 1. The van der Waals surface area contributed by atoms with Gasteiger partial charge in [-0.3, -0.25) is 9.78 Å². The predicted molar refractivity (Wildman–Crippen MR) is 77.3 cm³/mol. The van der Waals surface area contributed by atoms with Gasteiger partial charge in [-0.1, -0.05) is 12.1 Å². The third-order valence-electron chi connectivity index (χ3n) is 3.18. The standard InChI is InChI=1S/C15H17N3O/c1-9-5-4-8-17-14(9)15(19)18-13-10(2)6-7-12(16)11(13)3/h4-8H,16H2,1-3H3,(H,18,19). The minimum Gasteiger partial charge on any atom is -0.398 e. The van der Waals surface area contributed by atoms with Crippen LogP contribution in [-0.2, 0) is 0 Å². The fourth-order valence-corrected chi connectivity index (χ4v) is 1.95. The van der Waals surface area contributed by atoms with E-state index in [1.165, 1.54) is 0 Å². The molecule has 3 N–H and O–H groups in total. The Morgan fingerprint density at radius 1 is 1.16 bits per heavy atom. The Morgan fingerprint density at radius 3 is 2.58 bits per heavy atom. The number of nitrogens with two attached hydrogens (primary N) is 1. The zero-order valence-corrected chi connectivity index (χ0v) is 11.3. The molecule has 0 bridgehead atoms. The van der Waals surface area contributed by atoms with E-state index in [4.69, 9.17) is 5.73 Å². The maximum absolute atomic E-state index is 12.2. The first-order valence-electron chi connectivity index (χ1n) is 6.09. The van der Waals surface area contributed by atoms with Crippen LogP contribution in [-0.4, -0.2) is 10.9 Å². The Labute approximate surface area is 112 Å². The molecule has 1 heterocycles. The number of amides is 1. The first-order valence-corrected chi connectivity index (χ1v) is 6.09. The number of aromatic nitrogens is 1. The van der Waals surface area contributed by atoms with Crippen molar-refractivity contribution in [1.29, 1.82) is 0 Å². The summed E-state index contributed by atoms with van der Waals surface area (Å²) in [5.41, 5.74) is 10.4. The van der Waals surface area contributed by atoms with Gasteiger partial charge >= 0.3 is 0 Å². The highest BCUT2D eigenvalue weighted by molar-refractivity contribution is 6.05. The quantitative estimate of drug-likeness (QED) is 0.811. The molecule has 19 heavy (non-hydrogen) atoms. The van der Waals surface area contributed by atoms with Crippen LogP contribution in [0.5, 0.6) is 0 Å². The van der Waals surface area contributed by atoms with Gasteiger partial charge in [-0.05, 0) is 49.6 Å². The monoisotopic (exact) mass is 255 g/mol. The van der Waals surface area contributed by atoms with Crippen molar-refractivity contribution in [3.05, 3.63) is 52.8 Å². The van der Waals surface area contributed by atoms with Gasteiger partial charge in [0.25, 0.3) is 5.91 Å². The Hall–Kier alpha value is -2.36. The molecular weight excluding hydrogens is 238 g/mol. The number of hydrogen-bond acceptors (Lipinski definition) is 3. The fourth-order valence-electron chi connectivity index (χ4n) is 1.95. The van der Waals surface area contributed by atoms with E-state index >= 15 is 0 Å². The Bertz CT molecular complexity index is 635. The molecule has 1 aromatic heterocycles. The third kappa shape index (κ3) is 2.57. The van der Waals surface area contributed by atoms with Crippen LogP contribution >= 0.6 is 0 Å². The Balaban J connectivity index is 2.35. The molecule has 2 aromatic rings. The average molecular weight is 255 g/mol. The van der Waals surface area contributed by atoms with E-state index in [9.17, 15) is 4.79 Å². The fraction of sp³-hybridized carbons (Fsp3) is 0.200. The SMILES string of the molecule is Cc1cccnc1C(=O)Nc1c(C)ccc(N)c1C. The van der Waals surface area contributed by atoms with Crippen molar-refractivity contribution in [2.24, 2.45) is 0 Å². The number of anilines is 2. The molecule has 4 nitrogen and oxygen atoms in total. The highest BCUT2D eigenvalue weighted by Crippen LogP contribution is 2.25. The minimum absolute atomic E-state index is 0.213. The highest BCUT2D eigenvalue weighted by atomic mass is 16.1. The lowest BCUT2D eigenvalue weighted by molar-refractivity contribution is 0.102. The summed E-state index contributed by atoms with van der Waals surface area (Å²) >= 11 is 0. The lowest BCUT2D eigenvalue weighted by Gasteiger charge is -2.13. The molecule has 0 fully saturated rings. The number of nitrogen functional groups attached to an aromatic ring is 1. The van der Waals surface area contributed by atoms with Gasteiger partial charge in [-0.2, -0.15) is 0 Å². The molecule has 0 radical (unpaired) electrons. The molecule has 0 aliphatic rings. The van der Waals surface area contributed by atoms with Crippen LogP contribution in [0.15, 0.2) is 30.5 Å². The highest BCUT2D eigenvalue weighted by Gasteiger charge is 2.13. The van der Waals surface area contributed by atoms with E-state index in [1.54, 1.807) is 6.20 Å². The molecule has 0 atom stereocenters. The second-order valence-electron chi connectivity index (χ2n) is 4.59. The summed E-state index contributed by atoms with van der Waals surface area (Å²) in [5, 5.41) is 2.90. The number of carbonyl (C=O) groups is 1. The zero-order chi connectivity index (χ0) is 14.0. The predicted octanol–water partition coefficient (Wildman–Crippen LogP) is 2.84. The van der Waals surface area contributed by atoms with E-state index in [-0.39, 0.29) is 5.91 Å². The second kappa shape index (κ2) is 5.10. The van der Waals surface area contributed by atoms with Crippen molar-refractivity contribution in [3.63, 3.8) is 0 Å². The largest absolute Gasteiger partial charge is 0.398 e. The molecular formula is C15H17N3O. The number of hydrogen-bond donors (Lipinski definition) is 2. The first kappa shape index (κ1) is 13.1. The molecule has 0 aliphatic heterocycles. The molecule has 4 heteroatoms. The van der Waals surface area contributed by atoms with Gasteiger partial charge < -0.3 is 11.1 Å². The van der Waals surface area contributed by atoms with E-state index < -0.39 is 0 Å². The summed E-state index contributed by atoms with van der Waals surface area (Å²) in [7, 11) is 0. The van der Waals surface area contributed by atoms with E-state index in [2.05, 4.69) is 10.3 Å². The average Bonchev–Trinajstić information content (AvgIpc) is 2.39. The van der Waals surface area contributed by atoms with Crippen LogP contribution in [0.25, 0.3) is 0 Å². The van der Waals surface area contributed by atoms with Crippen LogP contribution in [0.3, 0.4) is 0 Å². The number of pyridine rings is 1. The van der Waals surface area contributed by atoms with Gasteiger partial charge in [0.1, 0.15) is 5.69 Å². The van der Waals surface area contributed by atoms with Crippen molar-refractivity contribution in [2.75, 3.05) is 11.1 Å². The summed E-state index contributed by atoms with van der Waals surface area (Å²) in [5.74, 6) is -0.213. The van der Waals surface area contributed by atoms with Crippen molar-refractivity contribution in [3.8, 4) is 0 Å². The smallest absolute Gasteiger partial charge is 0.274 e. The number of rotatable bonds is 2. The van der Waals surface area contributed by atoms with Gasteiger partial charge in [0, 0.05) is 17.6 Å². The molecule has 2 rings (SSSR count). The summed E-state index contributed by atoms with van der Waals surface area (Å²) in [4.78, 5) is 16.3. The first-order chi connectivity index (χ1) is 9.00. The van der Waals surface area contributed by atoms with Gasteiger partial charge in [-0.15, -0.1) is 0 Å². The molecule has 1 amide bonds. The molecule has 0 saturated carbocycles. The summed E-state index contributed by atoms with van der Waals surface area (Å²) < 4.78 is 0. The van der Waals surface area contributed by atoms with Gasteiger partial charge in [0.2, 0.25) is 0 Å². The normalized spacial score (nSPS) is 10.3. The van der Waals surface area contributed by atoms with E-state index in [0.717, 1.165) is 22.4 Å². The summed E-state index contributed by atoms with van der Waals surface area (Å²) in [6, 6.07) is 7.40. The topological polar surface area (TPSA) is 68.0 Å². The summed E-state index contributed by atoms with van der Waals surface area (Å²) in [6.07, 6.45) is 1.61. The van der Waals surface area contributed by atoms with Crippen LogP contribution < -0.4 is 11.1 Å². The minimum atomic E-state index is -0.213. The maximum Gasteiger partial charge on any atom is 0.274 e. The molecule has 0 spiro atoms. The Kier molecular flexibility index (Phi) is 3.51. The lowest BCUT2D eigenvalue weighted by Crippen LogP contribution is -2.17. The maximum atomic E-state index is 12.2. The van der Waals surface area contributed by atoms with Crippen LogP contribution in [0, 0.1) is 20.8 Å². The van der Waals surface area contributed by atoms with Crippen molar-refractivity contribution >= 4 is 17.3 Å². The number of nitrogens with zero attached hydrogens (tertiary/aromatic N) is 1. The lowest BCUT2D eigenvalue weighted by atomic mass is 10.1. The van der Waals surface area contributed by atoms with E-state index in [0.29, 0.717) is 11.4 Å².